The van der Waals surface area contributed by atoms with Crippen molar-refractivity contribution in [3.8, 4) is 11.5 Å². The average Bonchev–Trinajstić information content (AvgIpc) is 2.61. The number of carbonyl (C=O) groups is 1. The third-order valence-electron chi connectivity index (χ3n) is 3.66. The van der Waals surface area contributed by atoms with Crippen molar-refractivity contribution >= 4 is 12.0 Å². The van der Waals surface area contributed by atoms with Gasteiger partial charge in [-0.25, -0.2) is 4.79 Å². The van der Waals surface area contributed by atoms with Gasteiger partial charge in [-0.15, -0.1) is 0 Å². The lowest BCUT2D eigenvalue weighted by Crippen LogP contribution is -2.15. The van der Waals surface area contributed by atoms with Crippen LogP contribution in [0.3, 0.4) is 0 Å². The SMILES string of the molecule is CCCCCC(O)OC(=O)C=Cc1ccc(OCCCC)c(OC)c1. The summed E-state index contributed by atoms with van der Waals surface area (Å²) in [6.07, 6.45) is 7.29. The maximum absolute atomic E-state index is 11.7. The average molecular weight is 350 g/mol. The summed E-state index contributed by atoms with van der Waals surface area (Å²) < 4.78 is 15.9. The van der Waals surface area contributed by atoms with Crippen molar-refractivity contribution in [2.24, 2.45) is 0 Å². The predicted molar refractivity (Wildman–Crippen MR) is 98.7 cm³/mol. The predicted octanol–water partition coefficient (Wildman–Crippen LogP) is 4.33. The Labute approximate surface area is 150 Å². The maximum atomic E-state index is 11.7. The van der Waals surface area contributed by atoms with Crippen molar-refractivity contribution in [2.45, 2.75) is 58.7 Å². The Bertz CT molecular complexity index is 539. The minimum absolute atomic E-state index is 0.463. The minimum Gasteiger partial charge on any atom is -0.493 e. The Hall–Kier alpha value is -2.01. The van der Waals surface area contributed by atoms with Crippen LogP contribution in [0.1, 0.15) is 57.9 Å². The summed E-state index contributed by atoms with van der Waals surface area (Å²) in [6, 6.07) is 5.45. The van der Waals surface area contributed by atoms with E-state index in [0.717, 1.165) is 37.7 Å². The zero-order valence-electron chi connectivity index (χ0n) is 15.5. The molecule has 1 unspecified atom stereocenters. The number of unbranched alkanes of at least 4 members (excludes halogenated alkanes) is 3. The molecule has 140 valence electrons. The Morgan fingerprint density at radius 2 is 1.92 bits per heavy atom. The van der Waals surface area contributed by atoms with E-state index in [2.05, 4.69) is 13.8 Å². The number of benzene rings is 1. The highest BCUT2D eigenvalue weighted by molar-refractivity contribution is 5.87. The first-order valence-electron chi connectivity index (χ1n) is 8.98. The summed E-state index contributed by atoms with van der Waals surface area (Å²) in [4.78, 5) is 11.7. The molecule has 1 atom stereocenters. The van der Waals surface area contributed by atoms with Gasteiger partial charge in [-0.3, -0.25) is 0 Å². The molecule has 0 aliphatic heterocycles. The van der Waals surface area contributed by atoms with E-state index >= 15 is 0 Å². The molecule has 0 saturated heterocycles. The largest absolute Gasteiger partial charge is 0.493 e. The van der Waals surface area contributed by atoms with Crippen molar-refractivity contribution in [1.82, 2.24) is 0 Å². The van der Waals surface area contributed by atoms with Crippen LogP contribution in [0, 0.1) is 0 Å². The fourth-order valence-corrected chi connectivity index (χ4v) is 2.20. The highest BCUT2D eigenvalue weighted by Gasteiger charge is 2.09. The van der Waals surface area contributed by atoms with Gasteiger partial charge in [0, 0.05) is 12.5 Å². The van der Waals surface area contributed by atoms with Gasteiger partial charge in [0.25, 0.3) is 0 Å². The molecule has 0 spiro atoms. The molecule has 0 amide bonds. The lowest BCUT2D eigenvalue weighted by atomic mass is 10.2. The molecular weight excluding hydrogens is 320 g/mol. The zero-order valence-corrected chi connectivity index (χ0v) is 15.5. The summed E-state index contributed by atoms with van der Waals surface area (Å²) in [5, 5.41) is 9.65. The zero-order chi connectivity index (χ0) is 18.5. The summed E-state index contributed by atoms with van der Waals surface area (Å²) >= 11 is 0. The van der Waals surface area contributed by atoms with Crippen molar-refractivity contribution in [3.05, 3.63) is 29.8 Å². The topological polar surface area (TPSA) is 65.0 Å². The maximum Gasteiger partial charge on any atom is 0.333 e. The van der Waals surface area contributed by atoms with Crippen molar-refractivity contribution in [3.63, 3.8) is 0 Å². The third-order valence-corrected chi connectivity index (χ3v) is 3.66. The Morgan fingerprint density at radius 3 is 2.60 bits per heavy atom. The normalized spacial score (nSPS) is 12.2. The highest BCUT2D eigenvalue weighted by Crippen LogP contribution is 2.28. The molecular formula is C20H30O5. The monoisotopic (exact) mass is 350 g/mol. The van der Waals surface area contributed by atoms with E-state index in [0.29, 0.717) is 24.5 Å². The molecule has 0 aromatic heterocycles. The molecule has 0 bridgehead atoms. The first-order valence-corrected chi connectivity index (χ1v) is 8.98. The van der Waals surface area contributed by atoms with Crippen LogP contribution in [0.5, 0.6) is 11.5 Å². The molecule has 1 aromatic rings. The Balaban J connectivity index is 2.57. The van der Waals surface area contributed by atoms with Crippen LogP contribution in [0.4, 0.5) is 0 Å². The molecule has 1 N–H and O–H groups in total. The minimum atomic E-state index is -1.05. The molecule has 25 heavy (non-hydrogen) atoms. The fourth-order valence-electron chi connectivity index (χ4n) is 2.20. The molecule has 0 radical (unpaired) electrons. The lowest BCUT2D eigenvalue weighted by Gasteiger charge is -2.11. The van der Waals surface area contributed by atoms with Crippen molar-refractivity contribution in [1.29, 1.82) is 0 Å². The van der Waals surface area contributed by atoms with Gasteiger partial charge in [0.15, 0.2) is 11.5 Å². The number of carbonyl (C=O) groups excluding carboxylic acids is 1. The molecule has 0 saturated carbocycles. The van der Waals surface area contributed by atoms with Gasteiger partial charge < -0.3 is 19.3 Å². The summed E-state index contributed by atoms with van der Waals surface area (Å²) in [5.41, 5.74) is 0.789. The van der Waals surface area contributed by atoms with Crippen molar-refractivity contribution in [2.75, 3.05) is 13.7 Å². The molecule has 0 heterocycles. The number of aliphatic hydroxyl groups is 1. The number of ether oxygens (including phenoxy) is 3. The van der Waals surface area contributed by atoms with Gasteiger partial charge >= 0.3 is 5.97 Å². The van der Waals surface area contributed by atoms with Crippen LogP contribution < -0.4 is 9.47 Å². The van der Waals surface area contributed by atoms with E-state index in [9.17, 15) is 9.90 Å². The van der Waals surface area contributed by atoms with Crippen LogP contribution in [-0.4, -0.2) is 31.1 Å². The van der Waals surface area contributed by atoms with Gasteiger partial charge in [-0.1, -0.05) is 39.2 Å². The van der Waals surface area contributed by atoms with E-state index in [-0.39, 0.29) is 0 Å². The number of hydrogen-bond acceptors (Lipinski definition) is 5. The number of hydrogen-bond donors (Lipinski definition) is 1. The summed E-state index contributed by atoms with van der Waals surface area (Å²) in [5.74, 6) is 0.736. The van der Waals surface area contributed by atoms with Crippen LogP contribution >= 0.6 is 0 Å². The summed E-state index contributed by atoms with van der Waals surface area (Å²) in [7, 11) is 1.58. The second-order valence-electron chi connectivity index (χ2n) is 5.83. The van der Waals surface area contributed by atoms with Crippen LogP contribution in [0.2, 0.25) is 0 Å². The van der Waals surface area contributed by atoms with E-state index in [1.54, 1.807) is 19.3 Å². The number of esters is 1. The highest BCUT2D eigenvalue weighted by atomic mass is 16.6. The van der Waals surface area contributed by atoms with E-state index in [1.165, 1.54) is 6.08 Å². The van der Waals surface area contributed by atoms with E-state index in [1.807, 2.05) is 12.1 Å². The smallest absolute Gasteiger partial charge is 0.333 e. The quantitative estimate of drug-likeness (QED) is 0.263. The van der Waals surface area contributed by atoms with Crippen LogP contribution in [0.25, 0.3) is 6.08 Å². The van der Waals surface area contributed by atoms with Gasteiger partial charge in [-0.05, 0) is 36.6 Å². The molecule has 5 heteroatoms. The van der Waals surface area contributed by atoms with E-state index in [4.69, 9.17) is 14.2 Å². The molecule has 1 aromatic carbocycles. The lowest BCUT2D eigenvalue weighted by molar-refractivity contribution is -0.162. The molecule has 1 rings (SSSR count). The molecule has 0 fully saturated rings. The second kappa shape index (κ2) is 12.4. The van der Waals surface area contributed by atoms with Gasteiger partial charge in [0.05, 0.1) is 13.7 Å². The number of methoxy groups -OCH3 is 1. The first kappa shape index (κ1) is 21.0. The third kappa shape index (κ3) is 8.59. The second-order valence-corrected chi connectivity index (χ2v) is 5.83. The Morgan fingerprint density at radius 1 is 1.16 bits per heavy atom. The van der Waals surface area contributed by atoms with Crippen LogP contribution in [-0.2, 0) is 9.53 Å². The summed E-state index contributed by atoms with van der Waals surface area (Å²) in [6.45, 7) is 4.83. The Kier molecular flexibility index (Phi) is 10.4. The van der Waals surface area contributed by atoms with Crippen LogP contribution in [0.15, 0.2) is 24.3 Å². The van der Waals surface area contributed by atoms with Gasteiger partial charge in [-0.2, -0.15) is 0 Å². The van der Waals surface area contributed by atoms with Crippen molar-refractivity contribution < 1.29 is 24.1 Å². The van der Waals surface area contributed by atoms with Gasteiger partial charge in [0.2, 0.25) is 6.29 Å². The first-order chi connectivity index (χ1) is 12.1. The molecule has 0 aliphatic carbocycles. The standard InChI is InChI=1S/C20H30O5/c1-4-6-8-9-19(21)25-20(22)13-11-16-10-12-17(18(15-16)23-3)24-14-7-5-2/h10-13,15,19,21H,4-9,14H2,1-3H3. The number of rotatable bonds is 12. The molecule has 5 nitrogen and oxygen atoms in total. The van der Waals surface area contributed by atoms with Gasteiger partial charge in [0.1, 0.15) is 0 Å². The molecule has 0 aliphatic rings. The fraction of sp³-hybridized carbons (Fsp3) is 0.550. The number of aliphatic hydroxyl groups excluding tert-OH is 1. The van der Waals surface area contributed by atoms with E-state index < -0.39 is 12.3 Å².